The molecule has 0 atom stereocenters. The van der Waals surface area contributed by atoms with Gasteiger partial charge in [0.25, 0.3) is 0 Å². The Balaban J connectivity index is 2.90. The van der Waals surface area contributed by atoms with Gasteiger partial charge in [0, 0.05) is 0 Å². The summed E-state index contributed by atoms with van der Waals surface area (Å²) in [5.74, 6) is -0.211. The van der Waals surface area contributed by atoms with Gasteiger partial charge in [-0.1, -0.05) is 11.6 Å². The highest BCUT2D eigenvalue weighted by Gasteiger charge is 2.09. The lowest BCUT2D eigenvalue weighted by molar-refractivity contribution is -0.0533. The molecular formula is C6H3BrClF2NO. The maximum atomic E-state index is 11.7. The van der Waals surface area contributed by atoms with Crippen molar-refractivity contribution in [3.05, 3.63) is 21.8 Å². The summed E-state index contributed by atoms with van der Waals surface area (Å²) in [5.41, 5.74) is 0. The summed E-state index contributed by atoms with van der Waals surface area (Å²) in [7, 11) is 0. The van der Waals surface area contributed by atoms with Gasteiger partial charge in [-0.2, -0.15) is 8.78 Å². The topological polar surface area (TPSA) is 22.1 Å². The lowest BCUT2D eigenvalue weighted by Crippen LogP contribution is -2.04. The number of nitrogens with zero attached hydrogens (tertiary/aromatic N) is 1. The molecule has 12 heavy (non-hydrogen) atoms. The van der Waals surface area contributed by atoms with E-state index in [2.05, 4.69) is 25.7 Å². The zero-order chi connectivity index (χ0) is 9.14. The summed E-state index contributed by atoms with van der Waals surface area (Å²) in [4.78, 5) is 3.53. The fourth-order valence-electron chi connectivity index (χ4n) is 0.568. The van der Waals surface area contributed by atoms with Gasteiger partial charge in [-0.3, -0.25) is 0 Å². The monoisotopic (exact) mass is 257 g/mol. The van der Waals surface area contributed by atoms with E-state index in [1.54, 1.807) is 0 Å². The standard InChI is InChI=1S/C6H3BrClF2NO/c7-3-1-2-4(8)11-5(3)12-6(9)10/h1-2,6H. The van der Waals surface area contributed by atoms with Crippen molar-refractivity contribution in [2.24, 2.45) is 0 Å². The van der Waals surface area contributed by atoms with Gasteiger partial charge in [0.2, 0.25) is 5.88 Å². The van der Waals surface area contributed by atoms with E-state index in [4.69, 9.17) is 11.6 Å². The van der Waals surface area contributed by atoms with Crippen LogP contribution in [0.15, 0.2) is 16.6 Å². The molecule has 66 valence electrons. The van der Waals surface area contributed by atoms with Crippen LogP contribution in [0.5, 0.6) is 5.88 Å². The molecular weight excluding hydrogens is 255 g/mol. The SMILES string of the molecule is FC(F)Oc1nc(Cl)ccc1Br. The first-order chi connectivity index (χ1) is 5.59. The Labute approximate surface area is 80.6 Å². The lowest BCUT2D eigenvalue weighted by atomic mass is 10.5. The molecule has 0 bridgehead atoms. The third-order valence-corrected chi connectivity index (χ3v) is 1.79. The Bertz CT molecular complexity index is 284. The summed E-state index contributed by atoms with van der Waals surface area (Å²) >= 11 is 8.42. The molecule has 2 nitrogen and oxygen atoms in total. The summed E-state index contributed by atoms with van der Waals surface area (Å²) in [5, 5.41) is 0.105. The first-order valence-corrected chi connectivity index (χ1v) is 4.03. The molecule has 0 aliphatic carbocycles. The Hall–Kier alpha value is -0.420. The second-order valence-electron chi connectivity index (χ2n) is 1.80. The second kappa shape index (κ2) is 4.00. The van der Waals surface area contributed by atoms with Crippen LogP contribution < -0.4 is 4.74 Å². The first kappa shape index (κ1) is 9.67. The van der Waals surface area contributed by atoms with Crippen LogP contribution in [0.4, 0.5) is 8.78 Å². The van der Waals surface area contributed by atoms with E-state index in [9.17, 15) is 8.78 Å². The summed E-state index contributed by atoms with van der Waals surface area (Å²) in [6.07, 6.45) is 0. The molecule has 0 radical (unpaired) electrons. The highest BCUT2D eigenvalue weighted by atomic mass is 79.9. The summed E-state index contributed by atoms with van der Waals surface area (Å²) < 4.78 is 27.8. The third kappa shape index (κ3) is 2.57. The molecule has 0 aliphatic rings. The molecule has 1 heterocycles. The second-order valence-corrected chi connectivity index (χ2v) is 3.04. The van der Waals surface area contributed by atoms with Crippen LogP contribution in [-0.2, 0) is 0 Å². The zero-order valence-corrected chi connectivity index (χ0v) is 7.94. The van der Waals surface area contributed by atoms with Crippen molar-refractivity contribution in [2.75, 3.05) is 0 Å². The lowest BCUT2D eigenvalue weighted by Gasteiger charge is -2.04. The predicted molar refractivity (Wildman–Crippen MR) is 43.6 cm³/mol. The largest absolute Gasteiger partial charge is 0.416 e. The molecule has 0 saturated heterocycles. The van der Waals surface area contributed by atoms with Crippen molar-refractivity contribution in [2.45, 2.75) is 6.61 Å². The highest BCUT2D eigenvalue weighted by Crippen LogP contribution is 2.25. The van der Waals surface area contributed by atoms with E-state index in [1.807, 2.05) is 0 Å². The van der Waals surface area contributed by atoms with E-state index in [0.29, 0.717) is 4.47 Å². The minimum atomic E-state index is -2.90. The molecule has 1 rings (SSSR count). The average Bonchev–Trinajstić information content (AvgIpc) is 1.96. The number of hydrogen-bond acceptors (Lipinski definition) is 2. The zero-order valence-electron chi connectivity index (χ0n) is 5.60. The smallest absolute Gasteiger partial charge is 0.388 e. The van der Waals surface area contributed by atoms with Crippen LogP contribution in [0, 0.1) is 0 Å². The van der Waals surface area contributed by atoms with Gasteiger partial charge in [0.05, 0.1) is 4.47 Å². The van der Waals surface area contributed by atoms with Crippen LogP contribution >= 0.6 is 27.5 Å². The normalized spacial score (nSPS) is 10.4. The van der Waals surface area contributed by atoms with Crippen LogP contribution in [-0.4, -0.2) is 11.6 Å². The third-order valence-electron chi connectivity index (χ3n) is 0.981. The van der Waals surface area contributed by atoms with Gasteiger partial charge in [-0.15, -0.1) is 0 Å². The molecule has 0 amide bonds. The van der Waals surface area contributed by atoms with Gasteiger partial charge in [-0.25, -0.2) is 4.98 Å². The Kier molecular flexibility index (Phi) is 3.22. The molecule has 0 aromatic carbocycles. The van der Waals surface area contributed by atoms with E-state index >= 15 is 0 Å². The molecule has 1 aromatic rings. The predicted octanol–water partition coefficient (Wildman–Crippen LogP) is 3.10. The Morgan fingerprint density at radius 2 is 2.17 bits per heavy atom. The van der Waals surface area contributed by atoms with Crippen LogP contribution in [0.3, 0.4) is 0 Å². The number of halogens is 4. The Morgan fingerprint density at radius 1 is 1.50 bits per heavy atom. The van der Waals surface area contributed by atoms with E-state index < -0.39 is 6.61 Å². The molecule has 0 N–H and O–H groups in total. The van der Waals surface area contributed by atoms with Crippen LogP contribution in [0.1, 0.15) is 0 Å². The molecule has 0 spiro atoms. The summed E-state index contributed by atoms with van der Waals surface area (Å²) in [6.45, 7) is -2.90. The van der Waals surface area contributed by atoms with E-state index in [-0.39, 0.29) is 11.0 Å². The van der Waals surface area contributed by atoms with Gasteiger partial charge < -0.3 is 4.74 Å². The van der Waals surface area contributed by atoms with Gasteiger partial charge >= 0.3 is 6.61 Å². The maximum Gasteiger partial charge on any atom is 0.388 e. The Morgan fingerprint density at radius 3 is 2.75 bits per heavy atom. The number of pyridine rings is 1. The fraction of sp³-hybridized carbons (Fsp3) is 0.167. The fourth-order valence-corrected chi connectivity index (χ4v) is 1.02. The molecule has 6 heteroatoms. The maximum absolute atomic E-state index is 11.7. The molecule has 0 fully saturated rings. The van der Waals surface area contributed by atoms with Crippen molar-refractivity contribution >= 4 is 27.5 Å². The van der Waals surface area contributed by atoms with Crippen molar-refractivity contribution in [3.8, 4) is 5.88 Å². The number of alkyl halides is 2. The average molecular weight is 258 g/mol. The van der Waals surface area contributed by atoms with E-state index in [1.165, 1.54) is 12.1 Å². The highest BCUT2D eigenvalue weighted by molar-refractivity contribution is 9.10. The quantitative estimate of drug-likeness (QED) is 0.761. The molecule has 1 aromatic heterocycles. The van der Waals surface area contributed by atoms with Crippen molar-refractivity contribution in [1.82, 2.24) is 4.98 Å². The van der Waals surface area contributed by atoms with Gasteiger partial charge in [-0.05, 0) is 28.1 Å². The van der Waals surface area contributed by atoms with Crippen molar-refractivity contribution in [3.63, 3.8) is 0 Å². The number of hydrogen-bond donors (Lipinski definition) is 0. The number of ether oxygens (including phenoxy) is 1. The number of rotatable bonds is 2. The molecule has 0 saturated carbocycles. The van der Waals surface area contributed by atoms with Gasteiger partial charge in [0.15, 0.2) is 0 Å². The van der Waals surface area contributed by atoms with Crippen molar-refractivity contribution < 1.29 is 13.5 Å². The van der Waals surface area contributed by atoms with Gasteiger partial charge in [0.1, 0.15) is 5.15 Å². The summed E-state index contributed by atoms with van der Waals surface area (Å²) in [6, 6.07) is 2.94. The first-order valence-electron chi connectivity index (χ1n) is 2.86. The minimum absolute atomic E-state index is 0.105. The molecule has 0 aliphatic heterocycles. The number of aromatic nitrogens is 1. The van der Waals surface area contributed by atoms with Crippen LogP contribution in [0.2, 0.25) is 5.15 Å². The van der Waals surface area contributed by atoms with E-state index in [0.717, 1.165) is 0 Å². The molecule has 0 unspecified atom stereocenters. The van der Waals surface area contributed by atoms with Crippen molar-refractivity contribution in [1.29, 1.82) is 0 Å². The minimum Gasteiger partial charge on any atom is -0.416 e. The van der Waals surface area contributed by atoms with Crippen LogP contribution in [0.25, 0.3) is 0 Å².